The van der Waals surface area contributed by atoms with E-state index < -0.39 is 16.1 Å². The fourth-order valence-corrected chi connectivity index (χ4v) is 4.96. The number of benzene rings is 2. The highest BCUT2D eigenvalue weighted by molar-refractivity contribution is 14.1. The zero-order chi connectivity index (χ0) is 19.6. The summed E-state index contributed by atoms with van der Waals surface area (Å²) in [7, 11) is -4.33. The van der Waals surface area contributed by atoms with Crippen LogP contribution in [0.1, 0.15) is 53.9 Å². The molecule has 144 valence electrons. The zero-order valence-electron chi connectivity index (χ0n) is 14.3. The van der Waals surface area contributed by atoms with Crippen LogP contribution in [-0.4, -0.2) is 18.9 Å². The normalized spacial score (nSPS) is 15.5. The molecule has 0 atom stereocenters. The molecule has 2 aromatic carbocycles. The van der Waals surface area contributed by atoms with E-state index in [1.165, 1.54) is 12.1 Å². The van der Waals surface area contributed by atoms with Crippen LogP contribution in [0.5, 0.6) is 5.75 Å². The molecule has 0 heterocycles. The van der Waals surface area contributed by atoms with Crippen LogP contribution >= 0.6 is 45.2 Å². The summed E-state index contributed by atoms with van der Waals surface area (Å²) in [5.74, 6) is -0.186. The van der Waals surface area contributed by atoms with Crippen molar-refractivity contribution in [2.45, 2.75) is 42.9 Å². The molecule has 0 saturated heterocycles. The molecule has 0 unspecified atom stereocenters. The van der Waals surface area contributed by atoms with Crippen molar-refractivity contribution >= 4 is 61.3 Å². The molecule has 1 N–H and O–H groups in total. The number of carbonyl (C=O) groups is 1. The first-order valence-electron chi connectivity index (χ1n) is 8.54. The first-order chi connectivity index (χ1) is 12.8. The van der Waals surface area contributed by atoms with E-state index in [4.69, 9.17) is 4.74 Å². The lowest BCUT2D eigenvalue weighted by molar-refractivity contribution is 0.0734. The molecule has 27 heavy (non-hydrogen) atoms. The van der Waals surface area contributed by atoms with Gasteiger partial charge in [0, 0.05) is 7.14 Å². The van der Waals surface area contributed by atoms with Crippen molar-refractivity contribution in [1.82, 2.24) is 0 Å². The van der Waals surface area contributed by atoms with Crippen LogP contribution in [0, 0.1) is 7.14 Å². The Kier molecular flexibility index (Phi) is 6.80. The molecule has 0 amide bonds. The summed E-state index contributed by atoms with van der Waals surface area (Å²) in [6.07, 6.45) is 4.86. The molecule has 1 aliphatic rings. The zero-order valence-corrected chi connectivity index (χ0v) is 19.5. The van der Waals surface area contributed by atoms with E-state index in [1.807, 2.05) is 6.07 Å². The number of hydrogen-bond acceptors (Lipinski definition) is 4. The van der Waals surface area contributed by atoms with E-state index in [0.717, 1.165) is 39.2 Å². The predicted octanol–water partition coefficient (Wildman–Crippen LogP) is 5.41. The molecule has 3 rings (SSSR count). The monoisotopic (exact) mass is 612 g/mol. The average Bonchev–Trinajstić information content (AvgIpc) is 2.63. The number of hydrogen-bond donors (Lipinski definition) is 1. The number of carbonyl (C=O) groups excluding carboxylic acids is 1. The fourth-order valence-electron chi connectivity index (χ4n) is 3.35. The van der Waals surface area contributed by atoms with Gasteiger partial charge in [0.15, 0.2) is 0 Å². The SMILES string of the molecule is O=C(Oc1ccc(S(=O)(=O)O)c(C2CCCCC2)c1)c1ccc(I)c(I)c1. The summed E-state index contributed by atoms with van der Waals surface area (Å²) in [5, 5.41) is 0. The summed E-state index contributed by atoms with van der Waals surface area (Å²) in [4.78, 5) is 12.4. The summed E-state index contributed by atoms with van der Waals surface area (Å²) >= 11 is 4.34. The molecular formula is C19H18I2O5S. The molecular weight excluding hydrogens is 594 g/mol. The molecule has 0 aliphatic heterocycles. The van der Waals surface area contributed by atoms with E-state index in [9.17, 15) is 17.8 Å². The molecule has 2 aromatic rings. The fraction of sp³-hybridized carbons (Fsp3) is 0.316. The Bertz CT molecular complexity index is 966. The first kappa shape index (κ1) is 21.0. The van der Waals surface area contributed by atoms with Gasteiger partial charge in [0.2, 0.25) is 0 Å². The quantitative estimate of drug-likeness (QED) is 0.216. The van der Waals surface area contributed by atoms with Gasteiger partial charge in [-0.3, -0.25) is 4.55 Å². The summed E-state index contributed by atoms with van der Waals surface area (Å²) < 4.78 is 40.6. The van der Waals surface area contributed by atoms with Gasteiger partial charge in [-0.2, -0.15) is 8.42 Å². The van der Waals surface area contributed by atoms with Crippen molar-refractivity contribution < 1.29 is 22.5 Å². The van der Waals surface area contributed by atoms with Gasteiger partial charge in [-0.25, -0.2) is 4.79 Å². The second kappa shape index (κ2) is 8.75. The van der Waals surface area contributed by atoms with E-state index in [-0.39, 0.29) is 16.6 Å². The minimum absolute atomic E-state index is 0.0357. The number of halogens is 2. The summed E-state index contributed by atoms with van der Waals surface area (Å²) in [6, 6.07) is 9.59. The van der Waals surface area contributed by atoms with Gasteiger partial charge >= 0.3 is 5.97 Å². The molecule has 0 spiro atoms. The Morgan fingerprint density at radius 1 is 1.00 bits per heavy atom. The third-order valence-electron chi connectivity index (χ3n) is 4.67. The molecule has 1 fully saturated rings. The van der Waals surface area contributed by atoms with E-state index in [1.54, 1.807) is 18.2 Å². The molecule has 8 heteroatoms. The largest absolute Gasteiger partial charge is 0.423 e. The molecule has 0 aromatic heterocycles. The van der Waals surface area contributed by atoms with Crippen molar-refractivity contribution in [3.05, 3.63) is 54.7 Å². The van der Waals surface area contributed by atoms with Gasteiger partial charge in [0.1, 0.15) is 5.75 Å². The highest BCUT2D eigenvalue weighted by atomic mass is 127. The third kappa shape index (κ3) is 5.21. The van der Waals surface area contributed by atoms with Crippen LogP contribution in [0.2, 0.25) is 0 Å². The molecule has 1 aliphatic carbocycles. The van der Waals surface area contributed by atoms with Crippen molar-refractivity contribution in [1.29, 1.82) is 0 Å². The maximum atomic E-state index is 12.5. The Labute approximate surface area is 185 Å². The van der Waals surface area contributed by atoms with Crippen LogP contribution in [0.3, 0.4) is 0 Å². The smallest absolute Gasteiger partial charge is 0.343 e. The second-order valence-electron chi connectivity index (χ2n) is 6.53. The third-order valence-corrected chi connectivity index (χ3v) is 8.46. The Morgan fingerprint density at radius 3 is 2.33 bits per heavy atom. The van der Waals surface area contributed by atoms with Crippen LogP contribution in [0.15, 0.2) is 41.3 Å². The van der Waals surface area contributed by atoms with E-state index in [0.29, 0.717) is 11.1 Å². The molecule has 1 saturated carbocycles. The van der Waals surface area contributed by atoms with Gasteiger partial charge in [-0.1, -0.05) is 19.3 Å². The van der Waals surface area contributed by atoms with Crippen LogP contribution in [0.4, 0.5) is 0 Å². The van der Waals surface area contributed by atoms with Crippen molar-refractivity contribution in [3.63, 3.8) is 0 Å². The van der Waals surface area contributed by atoms with Crippen molar-refractivity contribution in [3.8, 4) is 5.75 Å². The van der Waals surface area contributed by atoms with Crippen molar-refractivity contribution in [2.75, 3.05) is 0 Å². The summed E-state index contributed by atoms with van der Waals surface area (Å²) in [6.45, 7) is 0. The van der Waals surface area contributed by atoms with Gasteiger partial charge in [0.05, 0.1) is 10.5 Å². The lowest BCUT2D eigenvalue weighted by atomic mass is 9.84. The number of ether oxygens (including phenoxy) is 1. The maximum Gasteiger partial charge on any atom is 0.343 e. The Balaban J connectivity index is 1.91. The lowest BCUT2D eigenvalue weighted by Gasteiger charge is -2.24. The van der Waals surface area contributed by atoms with Crippen LogP contribution in [0.25, 0.3) is 0 Å². The highest BCUT2D eigenvalue weighted by Gasteiger charge is 2.25. The van der Waals surface area contributed by atoms with E-state index in [2.05, 4.69) is 45.2 Å². The van der Waals surface area contributed by atoms with Crippen molar-refractivity contribution in [2.24, 2.45) is 0 Å². The maximum absolute atomic E-state index is 12.5. The molecule has 0 radical (unpaired) electrons. The van der Waals surface area contributed by atoms with Gasteiger partial charge in [0.25, 0.3) is 10.1 Å². The average molecular weight is 612 g/mol. The summed E-state index contributed by atoms with van der Waals surface area (Å²) in [5.41, 5.74) is 0.956. The lowest BCUT2D eigenvalue weighted by Crippen LogP contribution is -2.13. The molecule has 0 bridgehead atoms. The van der Waals surface area contributed by atoms with Gasteiger partial charge in [-0.05, 0) is 106 Å². The molecule has 5 nitrogen and oxygen atoms in total. The minimum Gasteiger partial charge on any atom is -0.423 e. The topological polar surface area (TPSA) is 80.7 Å². The predicted molar refractivity (Wildman–Crippen MR) is 119 cm³/mol. The minimum atomic E-state index is -4.33. The first-order valence-corrected chi connectivity index (χ1v) is 12.1. The van der Waals surface area contributed by atoms with E-state index >= 15 is 0 Å². The highest BCUT2D eigenvalue weighted by Crippen LogP contribution is 2.37. The van der Waals surface area contributed by atoms with Gasteiger partial charge < -0.3 is 4.74 Å². The van der Waals surface area contributed by atoms with Crippen LogP contribution in [-0.2, 0) is 10.1 Å². The Morgan fingerprint density at radius 2 is 1.70 bits per heavy atom. The number of esters is 1. The number of rotatable bonds is 4. The Hall–Kier alpha value is -0.720. The van der Waals surface area contributed by atoms with Gasteiger partial charge in [-0.15, -0.1) is 0 Å². The standard InChI is InChI=1S/C19H18I2O5S/c20-16-8-6-13(10-17(16)21)19(22)26-14-7-9-18(27(23,24)25)15(11-14)12-4-2-1-3-5-12/h6-12H,1-5H2,(H,23,24,25). The second-order valence-corrected chi connectivity index (χ2v) is 10.2. The van der Waals surface area contributed by atoms with Crippen LogP contribution < -0.4 is 4.74 Å².